The smallest absolute Gasteiger partial charge is 0.412 e. The molecule has 0 radical (unpaired) electrons. The van der Waals surface area contributed by atoms with Gasteiger partial charge in [0, 0.05) is 12.8 Å². The van der Waals surface area contributed by atoms with Crippen LogP contribution in [0.25, 0.3) is 0 Å². The van der Waals surface area contributed by atoms with Crippen LogP contribution in [0.4, 0.5) is 4.79 Å². The van der Waals surface area contributed by atoms with Crippen LogP contribution in [0.15, 0.2) is 40.7 Å². The summed E-state index contributed by atoms with van der Waals surface area (Å²) in [5, 5.41) is 8.82. The summed E-state index contributed by atoms with van der Waals surface area (Å²) in [6, 6.07) is 0. The van der Waals surface area contributed by atoms with E-state index < -0.39 is 6.09 Å². The van der Waals surface area contributed by atoms with Gasteiger partial charge in [-0.1, -0.05) is 6.08 Å². The lowest BCUT2D eigenvalue weighted by Crippen LogP contribution is -2.25. The van der Waals surface area contributed by atoms with Gasteiger partial charge in [0.1, 0.15) is 0 Å². The molecule has 1 N–H and O–H groups in total. The van der Waals surface area contributed by atoms with E-state index in [2.05, 4.69) is 4.99 Å². The second-order valence-corrected chi connectivity index (χ2v) is 2.70. The fraction of sp³-hybridized carbons (Fsp3) is 0.111. The minimum absolute atomic E-state index is 0.414. The van der Waals surface area contributed by atoms with E-state index in [1.807, 2.05) is 0 Å². The summed E-state index contributed by atoms with van der Waals surface area (Å²) in [6.45, 7) is 0.414. The molecule has 0 bridgehead atoms. The molecular formula is C9H8N2O2. The third kappa shape index (κ3) is 1.26. The van der Waals surface area contributed by atoms with Gasteiger partial charge in [0.25, 0.3) is 0 Å². The average Bonchev–Trinajstić information content (AvgIpc) is 2.74. The first-order valence-electron chi connectivity index (χ1n) is 3.91. The number of hydrogen-bond acceptors (Lipinski definition) is 2. The molecular weight excluding hydrogens is 168 g/mol. The molecule has 0 atom stereocenters. The van der Waals surface area contributed by atoms with Crippen molar-refractivity contribution < 1.29 is 9.90 Å². The van der Waals surface area contributed by atoms with Crippen molar-refractivity contribution in [2.45, 2.75) is 0 Å². The normalized spacial score (nSPS) is 24.8. The maximum absolute atomic E-state index is 10.7. The molecule has 0 unspecified atom stereocenters. The van der Waals surface area contributed by atoms with Gasteiger partial charge in [0.15, 0.2) is 0 Å². The van der Waals surface area contributed by atoms with E-state index in [0.717, 1.165) is 0 Å². The van der Waals surface area contributed by atoms with Crippen molar-refractivity contribution in [3.8, 4) is 0 Å². The van der Waals surface area contributed by atoms with Crippen LogP contribution in [-0.4, -0.2) is 28.9 Å². The highest BCUT2D eigenvalue weighted by Crippen LogP contribution is 2.21. The monoisotopic (exact) mass is 176 g/mol. The lowest BCUT2D eigenvalue weighted by molar-refractivity contribution is 0.165. The molecule has 0 fully saturated rings. The zero-order valence-corrected chi connectivity index (χ0v) is 6.84. The lowest BCUT2D eigenvalue weighted by atomic mass is 10.3. The second-order valence-electron chi connectivity index (χ2n) is 2.70. The number of nitrogens with zero attached hydrogens (tertiary/aromatic N) is 2. The van der Waals surface area contributed by atoms with Crippen LogP contribution in [0, 0.1) is 0 Å². The summed E-state index contributed by atoms with van der Waals surface area (Å²) < 4.78 is 0. The zero-order chi connectivity index (χ0) is 9.26. The number of hydrogen-bond donors (Lipinski definition) is 1. The Morgan fingerprint density at radius 1 is 1.54 bits per heavy atom. The number of allylic oxidation sites excluding steroid dienone is 3. The SMILES string of the molecule is O=C(O)N1CC=CC1=C1C=CC=N1. The Bertz CT molecular complexity index is 350. The summed E-state index contributed by atoms with van der Waals surface area (Å²) in [4.78, 5) is 16.0. The molecule has 13 heavy (non-hydrogen) atoms. The number of amides is 1. The molecule has 2 rings (SSSR count). The highest BCUT2D eigenvalue weighted by atomic mass is 16.4. The fourth-order valence-electron chi connectivity index (χ4n) is 1.31. The molecule has 0 saturated carbocycles. The van der Waals surface area contributed by atoms with Crippen LogP contribution in [0.1, 0.15) is 0 Å². The molecule has 0 spiro atoms. The van der Waals surface area contributed by atoms with E-state index >= 15 is 0 Å². The molecule has 4 heteroatoms. The highest BCUT2D eigenvalue weighted by molar-refractivity contribution is 5.78. The van der Waals surface area contributed by atoms with Gasteiger partial charge in [0.05, 0.1) is 11.4 Å². The number of aliphatic imine (C=N–C) groups is 1. The summed E-state index contributed by atoms with van der Waals surface area (Å²) in [5.41, 5.74) is 1.36. The van der Waals surface area contributed by atoms with Crippen molar-refractivity contribution in [3.05, 3.63) is 35.7 Å². The maximum atomic E-state index is 10.7. The summed E-state index contributed by atoms with van der Waals surface area (Å²) in [5.74, 6) is 0. The fourth-order valence-corrected chi connectivity index (χ4v) is 1.31. The predicted molar refractivity (Wildman–Crippen MR) is 48.5 cm³/mol. The Labute approximate surface area is 75.2 Å². The van der Waals surface area contributed by atoms with Gasteiger partial charge in [-0.15, -0.1) is 0 Å². The molecule has 4 nitrogen and oxygen atoms in total. The van der Waals surface area contributed by atoms with E-state index in [-0.39, 0.29) is 0 Å². The van der Waals surface area contributed by atoms with Gasteiger partial charge in [-0.2, -0.15) is 0 Å². The summed E-state index contributed by atoms with van der Waals surface area (Å²) >= 11 is 0. The molecule has 0 saturated heterocycles. The van der Waals surface area contributed by atoms with E-state index in [1.165, 1.54) is 4.90 Å². The Balaban J connectivity index is 2.37. The molecule has 1 amide bonds. The average molecular weight is 176 g/mol. The van der Waals surface area contributed by atoms with Gasteiger partial charge in [-0.3, -0.25) is 9.89 Å². The Morgan fingerprint density at radius 3 is 3.00 bits per heavy atom. The highest BCUT2D eigenvalue weighted by Gasteiger charge is 2.21. The molecule has 0 aromatic carbocycles. The van der Waals surface area contributed by atoms with Crippen LogP contribution in [-0.2, 0) is 0 Å². The molecule has 2 heterocycles. The van der Waals surface area contributed by atoms with Gasteiger partial charge < -0.3 is 5.11 Å². The molecule has 2 aliphatic heterocycles. The third-order valence-corrected chi connectivity index (χ3v) is 1.90. The molecule has 0 aromatic rings. The van der Waals surface area contributed by atoms with Crippen LogP contribution < -0.4 is 0 Å². The minimum atomic E-state index is -0.942. The number of rotatable bonds is 0. The Morgan fingerprint density at radius 2 is 2.38 bits per heavy atom. The van der Waals surface area contributed by atoms with Crippen molar-refractivity contribution >= 4 is 12.3 Å². The van der Waals surface area contributed by atoms with E-state index in [4.69, 9.17) is 5.11 Å². The third-order valence-electron chi connectivity index (χ3n) is 1.90. The van der Waals surface area contributed by atoms with Gasteiger partial charge in [-0.05, 0) is 18.2 Å². The van der Waals surface area contributed by atoms with Crippen LogP contribution in [0.3, 0.4) is 0 Å². The molecule has 66 valence electrons. The maximum Gasteiger partial charge on any atom is 0.412 e. The Kier molecular flexibility index (Phi) is 1.73. The van der Waals surface area contributed by atoms with E-state index in [9.17, 15) is 4.79 Å². The topological polar surface area (TPSA) is 52.9 Å². The van der Waals surface area contributed by atoms with Gasteiger partial charge in [-0.25, -0.2) is 4.79 Å². The predicted octanol–water partition coefficient (Wildman–Crippen LogP) is 1.39. The van der Waals surface area contributed by atoms with E-state index in [1.54, 1.807) is 30.5 Å². The van der Waals surface area contributed by atoms with Crippen molar-refractivity contribution in [3.63, 3.8) is 0 Å². The first kappa shape index (κ1) is 7.79. The molecule has 2 aliphatic rings. The standard InChI is InChI=1S/C9H8N2O2/c12-9(13)11-6-2-4-8(11)7-3-1-5-10-7/h1-5H,6H2,(H,12,13). The largest absolute Gasteiger partial charge is 0.465 e. The zero-order valence-electron chi connectivity index (χ0n) is 6.84. The van der Waals surface area contributed by atoms with E-state index in [0.29, 0.717) is 17.9 Å². The molecule has 0 aliphatic carbocycles. The van der Waals surface area contributed by atoms with Crippen LogP contribution in [0.2, 0.25) is 0 Å². The lowest BCUT2D eigenvalue weighted by Gasteiger charge is -2.13. The number of carboxylic acid groups (broad SMARTS) is 1. The summed E-state index contributed by atoms with van der Waals surface area (Å²) in [7, 11) is 0. The summed E-state index contributed by atoms with van der Waals surface area (Å²) in [6.07, 6.45) is 7.86. The second kappa shape index (κ2) is 2.90. The van der Waals surface area contributed by atoms with Gasteiger partial charge in [0.2, 0.25) is 0 Å². The van der Waals surface area contributed by atoms with Gasteiger partial charge >= 0.3 is 6.09 Å². The van der Waals surface area contributed by atoms with Crippen molar-refractivity contribution in [1.82, 2.24) is 4.90 Å². The van der Waals surface area contributed by atoms with Crippen molar-refractivity contribution in [2.24, 2.45) is 4.99 Å². The quantitative estimate of drug-likeness (QED) is 0.606. The first-order valence-corrected chi connectivity index (χ1v) is 3.91. The minimum Gasteiger partial charge on any atom is -0.465 e. The van der Waals surface area contributed by atoms with Crippen molar-refractivity contribution in [2.75, 3.05) is 6.54 Å². The van der Waals surface area contributed by atoms with Crippen LogP contribution >= 0.6 is 0 Å². The number of carbonyl (C=O) groups is 1. The first-order chi connectivity index (χ1) is 6.29. The molecule has 0 aromatic heterocycles. The van der Waals surface area contributed by atoms with Crippen molar-refractivity contribution in [1.29, 1.82) is 0 Å². The Hall–Kier alpha value is -1.84. The van der Waals surface area contributed by atoms with Crippen LogP contribution in [0.5, 0.6) is 0 Å².